The molecule has 0 saturated heterocycles. The van der Waals surface area contributed by atoms with Crippen molar-refractivity contribution in [3.05, 3.63) is 33.9 Å². The molecule has 1 fully saturated rings. The molecule has 0 bridgehead atoms. The maximum atomic E-state index is 11.0. The third kappa shape index (κ3) is 2.75. The Morgan fingerprint density at radius 2 is 2.21 bits per heavy atom. The van der Waals surface area contributed by atoms with E-state index in [9.17, 15) is 14.9 Å². The van der Waals surface area contributed by atoms with Crippen molar-refractivity contribution >= 4 is 17.7 Å². The summed E-state index contributed by atoms with van der Waals surface area (Å²) in [5.74, 6) is 0. The van der Waals surface area contributed by atoms with Crippen molar-refractivity contribution in [2.45, 2.75) is 32.6 Å². The summed E-state index contributed by atoms with van der Waals surface area (Å²) in [5, 5.41) is 14.2. The van der Waals surface area contributed by atoms with Crippen molar-refractivity contribution < 1.29 is 9.72 Å². The van der Waals surface area contributed by atoms with Gasteiger partial charge in [0, 0.05) is 18.2 Å². The molecule has 1 aromatic carbocycles. The Hall–Kier alpha value is -1.91. The Kier molecular flexibility index (Phi) is 3.83. The lowest BCUT2D eigenvalue weighted by molar-refractivity contribution is -0.384. The lowest BCUT2D eigenvalue weighted by Crippen LogP contribution is -2.35. The highest BCUT2D eigenvalue weighted by molar-refractivity contribution is 5.79. The van der Waals surface area contributed by atoms with Gasteiger partial charge in [0.1, 0.15) is 12.0 Å². The van der Waals surface area contributed by atoms with Gasteiger partial charge in [-0.1, -0.05) is 13.3 Å². The Morgan fingerprint density at radius 3 is 2.68 bits per heavy atom. The molecule has 0 amide bonds. The molecule has 1 aliphatic carbocycles. The SMILES string of the molecule is CCC1(CNc2ccc(C=O)cc2[N+](=O)[O-])CCC1. The number of hydrogen-bond donors (Lipinski definition) is 1. The minimum absolute atomic E-state index is 0.0322. The fraction of sp³-hybridized carbons (Fsp3) is 0.500. The van der Waals surface area contributed by atoms with Crippen molar-refractivity contribution in [1.29, 1.82) is 0 Å². The Morgan fingerprint density at radius 1 is 1.47 bits per heavy atom. The first-order valence-corrected chi connectivity index (χ1v) is 6.58. The van der Waals surface area contributed by atoms with Crippen LogP contribution >= 0.6 is 0 Å². The van der Waals surface area contributed by atoms with Crippen molar-refractivity contribution in [2.24, 2.45) is 5.41 Å². The molecule has 0 radical (unpaired) electrons. The lowest BCUT2D eigenvalue weighted by Gasteiger charge is -2.41. The summed E-state index contributed by atoms with van der Waals surface area (Å²) in [5.41, 5.74) is 1.08. The van der Waals surface area contributed by atoms with Crippen LogP contribution in [0.2, 0.25) is 0 Å². The van der Waals surface area contributed by atoms with E-state index in [2.05, 4.69) is 12.2 Å². The molecule has 1 N–H and O–H groups in total. The second-order valence-corrected chi connectivity index (χ2v) is 5.21. The normalized spacial score (nSPS) is 16.5. The van der Waals surface area contributed by atoms with Crippen LogP contribution in [0.5, 0.6) is 0 Å². The van der Waals surface area contributed by atoms with Crippen molar-refractivity contribution in [2.75, 3.05) is 11.9 Å². The van der Waals surface area contributed by atoms with Crippen LogP contribution < -0.4 is 5.32 Å². The number of nitro benzene ring substituents is 1. The highest BCUT2D eigenvalue weighted by Gasteiger charge is 2.35. The number of rotatable bonds is 6. The topological polar surface area (TPSA) is 72.2 Å². The fourth-order valence-electron chi connectivity index (χ4n) is 2.54. The standard InChI is InChI=1S/C14H18N2O3/c1-2-14(6-3-7-14)10-15-12-5-4-11(9-17)8-13(12)16(18)19/h4-5,8-9,15H,2-3,6-7,10H2,1H3. The van der Waals surface area contributed by atoms with Gasteiger partial charge in [0.25, 0.3) is 5.69 Å². The average Bonchev–Trinajstić information content (AvgIpc) is 2.38. The summed E-state index contributed by atoms with van der Waals surface area (Å²) >= 11 is 0. The van der Waals surface area contributed by atoms with Crippen molar-refractivity contribution in [1.82, 2.24) is 0 Å². The van der Waals surface area contributed by atoms with Gasteiger partial charge in [-0.3, -0.25) is 14.9 Å². The number of hydrogen-bond acceptors (Lipinski definition) is 4. The number of benzene rings is 1. The molecule has 0 atom stereocenters. The molecule has 102 valence electrons. The number of nitro groups is 1. The Labute approximate surface area is 112 Å². The van der Waals surface area contributed by atoms with Crippen LogP contribution in [0.15, 0.2) is 18.2 Å². The van der Waals surface area contributed by atoms with Gasteiger partial charge in [-0.25, -0.2) is 0 Å². The molecule has 0 aliphatic heterocycles. The molecule has 5 nitrogen and oxygen atoms in total. The number of carbonyl (C=O) groups excluding carboxylic acids is 1. The molecular formula is C14H18N2O3. The van der Waals surface area contributed by atoms with Gasteiger partial charge in [0.05, 0.1) is 4.92 Å². The quantitative estimate of drug-likeness (QED) is 0.484. The predicted octanol–water partition coefficient (Wildman–Crippen LogP) is 3.40. The van der Waals surface area contributed by atoms with Crippen LogP contribution in [0.4, 0.5) is 11.4 Å². The summed E-state index contributed by atoms with van der Waals surface area (Å²) in [4.78, 5) is 21.2. The monoisotopic (exact) mass is 262 g/mol. The molecule has 5 heteroatoms. The number of nitrogens with zero attached hydrogens (tertiary/aromatic N) is 1. The van der Waals surface area contributed by atoms with Crippen LogP contribution in [0.1, 0.15) is 43.0 Å². The van der Waals surface area contributed by atoms with Gasteiger partial charge in [0.15, 0.2) is 0 Å². The second kappa shape index (κ2) is 5.38. The second-order valence-electron chi connectivity index (χ2n) is 5.21. The summed E-state index contributed by atoms with van der Waals surface area (Å²) in [7, 11) is 0. The van der Waals surface area contributed by atoms with E-state index in [4.69, 9.17) is 0 Å². The molecule has 2 rings (SSSR count). The number of carbonyl (C=O) groups is 1. The molecule has 1 aromatic rings. The number of nitrogens with one attached hydrogen (secondary N) is 1. The summed E-state index contributed by atoms with van der Waals surface area (Å²) < 4.78 is 0. The van der Waals surface area contributed by atoms with Crippen LogP contribution in [0.3, 0.4) is 0 Å². The summed E-state index contributed by atoms with van der Waals surface area (Å²) in [6.45, 7) is 2.91. The van der Waals surface area contributed by atoms with Crippen LogP contribution in [0.25, 0.3) is 0 Å². The Bertz CT molecular complexity index is 490. The van der Waals surface area contributed by atoms with E-state index in [0.717, 1.165) is 13.0 Å². The highest BCUT2D eigenvalue weighted by atomic mass is 16.6. The molecule has 0 aromatic heterocycles. The van der Waals surface area contributed by atoms with Crippen molar-refractivity contribution in [3.8, 4) is 0 Å². The van der Waals surface area contributed by atoms with Gasteiger partial charge in [-0.05, 0) is 36.8 Å². The van der Waals surface area contributed by atoms with E-state index in [1.807, 2.05) is 0 Å². The van der Waals surface area contributed by atoms with Crippen LogP contribution in [-0.4, -0.2) is 17.8 Å². The molecule has 0 spiro atoms. The molecule has 0 unspecified atom stereocenters. The summed E-state index contributed by atoms with van der Waals surface area (Å²) in [6.07, 6.45) is 5.30. The van der Waals surface area contributed by atoms with E-state index in [1.54, 1.807) is 12.1 Å². The van der Waals surface area contributed by atoms with Gasteiger partial charge in [0.2, 0.25) is 0 Å². The van der Waals surface area contributed by atoms with E-state index in [-0.39, 0.29) is 11.1 Å². The maximum absolute atomic E-state index is 11.0. The zero-order valence-electron chi connectivity index (χ0n) is 11.0. The van der Waals surface area contributed by atoms with Gasteiger partial charge in [-0.2, -0.15) is 0 Å². The third-order valence-corrected chi connectivity index (χ3v) is 4.17. The fourth-order valence-corrected chi connectivity index (χ4v) is 2.54. The molecule has 0 heterocycles. The molecular weight excluding hydrogens is 244 g/mol. The van der Waals surface area contributed by atoms with E-state index in [0.29, 0.717) is 17.5 Å². The van der Waals surface area contributed by atoms with Crippen LogP contribution in [-0.2, 0) is 0 Å². The first-order valence-electron chi connectivity index (χ1n) is 6.58. The minimum Gasteiger partial charge on any atom is -0.379 e. The van der Waals surface area contributed by atoms with Gasteiger partial charge >= 0.3 is 0 Å². The Balaban J connectivity index is 2.15. The molecule has 19 heavy (non-hydrogen) atoms. The minimum atomic E-state index is -0.450. The largest absolute Gasteiger partial charge is 0.379 e. The third-order valence-electron chi connectivity index (χ3n) is 4.17. The van der Waals surface area contributed by atoms with Crippen LogP contribution in [0, 0.1) is 15.5 Å². The first-order chi connectivity index (χ1) is 9.10. The maximum Gasteiger partial charge on any atom is 0.293 e. The molecule has 1 saturated carbocycles. The average molecular weight is 262 g/mol. The smallest absolute Gasteiger partial charge is 0.293 e. The van der Waals surface area contributed by atoms with E-state index < -0.39 is 4.92 Å². The number of aldehydes is 1. The van der Waals surface area contributed by atoms with E-state index >= 15 is 0 Å². The predicted molar refractivity (Wildman–Crippen MR) is 73.5 cm³/mol. The zero-order valence-corrected chi connectivity index (χ0v) is 11.0. The highest BCUT2D eigenvalue weighted by Crippen LogP contribution is 2.44. The first kappa shape index (κ1) is 13.5. The van der Waals surface area contributed by atoms with Crippen molar-refractivity contribution in [3.63, 3.8) is 0 Å². The zero-order chi connectivity index (χ0) is 13.9. The molecule has 1 aliphatic rings. The lowest BCUT2D eigenvalue weighted by atomic mass is 9.67. The summed E-state index contributed by atoms with van der Waals surface area (Å²) in [6, 6.07) is 4.53. The number of anilines is 1. The van der Waals surface area contributed by atoms with Gasteiger partial charge in [-0.15, -0.1) is 0 Å². The van der Waals surface area contributed by atoms with Gasteiger partial charge < -0.3 is 5.32 Å². The van der Waals surface area contributed by atoms with E-state index in [1.165, 1.54) is 25.3 Å².